The van der Waals surface area contributed by atoms with Crippen LogP contribution in [0.5, 0.6) is 0 Å². The molecule has 2 N–H and O–H groups in total. The zero-order valence-corrected chi connectivity index (χ0v) is 13.1. The number of hydrogen-bond acceptors (Lipinski definition) is 6. The number of anilines is 2. The average molecular weight is 298 g/mol. The first-order valence-corrected chi connectivity index (χ1v) is 7.67. The summed E-state index contributed by atoms with van der Waals surface area (Å²) in [5, 5.41) is 6.23. The van der Waals surface area contributed by atoms with Gasteiger partial charge < -0.3 is 10.6 Å². The van der Waals surface area contributed by atoms with E-state index in [0.717, 1.165) is 36.8 Å². The van der Waals surface area contributed by atoms with Gasteiger partial charge in [0.15, 0.2) is 0 Å². The quantitative estimate of drug-likeness (QED) is 0.883. The molecule has 1 aliphatic heterocycles. The number of nitrogens with zero attached hydrogens (tertiary/aromatic N) is 4. The van der Waals surface area contributed by atoms with E-state index in [0.29, 0.717) is 6.04 Å². The van der Waals surface area contributed by atoms with Gasteiger partial charge in [0.05, 0.1) is 24.1 Å². The monoisotopic (exact) mass is 298 g/mol. The lowest BCUT2D eigenvalue weighted by atomic mass is 10.1. The number of pyridine rings is 1. The molecule has 22 heavy (non-hydrogen) atoms. The second-order valence-corrected chi connectivity index (χ2v) is 5.47. The summed E-state index contributed by atoms with van der Waals surface area (Å²) in [7, 11) is 3.78. The number of rotatable bonds is 5. The van der Waals surface area contributed by atoms with E-state index < -0.39 is 0 Å². The smallest absolute Gasteiger partial charge is 0.144 e. The van der Waals surface area contributed by atoms with Crippen LogP contribution in [-0.2, 0) is 6.54 Å². The van der Waals surface area contributed by atoms with Gasteiger partial charge in [-0.05, 0) is 25.5 Å². The lowest BCUT2D eigenvalue weighted by Crippen LogP contribution is -2.24. The van der Waals surface area contributed by atoms with E-state index >= 15 is 0 Å². The molecular weight excluding hydrogens is 276 g/mol. The molecule has 3 heterocycles. The summed E-state index contributed by atoms with van der Waals surface area (Å²) < 4.78 is 0. The summed E-state index contributed by atoms with van der Waals surface area (Å²) in [5.74, 6) is 1.77. The molecule has 0 radical (unpaired) electrons. The molecule has 0 aromatic carbocycles. The Morgan fingerprint density at radius 1 is 1.27 bits per heavy atom. The molecule has 0 spiro atoms. The Morgan fingerprint density at radius 3 is 3.00 bits per heavy atom. The van der Waals surface area contributed by atoms with Crippen molar-refractivity contribution in [1.82, 2.24) is 19.9 Å². The Morgan fingerprint density at radius 2 is 2.18 bits per heavy atom. The number of aromatic nitrogens is 3. The van der Waals surface area contributed by atoms with Gasteiger partial charge in [-0.1, -0.05) is 6.07 Å². The van der Waals surface area contributed by atoms with Crippen molar-refractivity contribution in [3.63, 3.8) is 0 Å². The minimum absolute atomic E-state index is 0.325. The fourth-order valence-electron chi connectivity index (χ4n) is 3.02. The molecule has 2 aromatic heterocycles. The molecule has 1 aliphatic rings. The summed E-state index contributed by atoms with van der Waals surface area (Å²) >= 11 is 0. The van der Waals surface area contributed by atoms with Crippen LogP contribution in [0.25, 0.3) is 0 Å². The average Bonchev–Trinajstić information content (AvgIpc) is 3.03. The Hall–Kier alpha value is -2.21. The molecule has 1 fully saturated rings. The lowest BCUT2D eigenvalue weighted by Gasteiger charge is -2.24. The first-order valence-electron chi connectivity index (χ1n) is 7.67. The molecule has 1 atom stereocenters. The van der Waals surface area contributed by atoms with Gasteiger partial charge >= 0.3 is 0 Å². The fourth-order valence-corrected chi connectivity index (χ4v) is 3.02. The summed E-state index contributed by atoms with van der Waals surface area (Å²) in [6.45, 7) is 1.95. The molecule has 6 nitrogen and oxygen atoms in total. The predicted octanol–water partition coefficient (Wildman–Crippen LogP) is 2.29. The van der Waals surface area contributed by atoms with Crippen LogP contribution < -0.4 is 10.6 Å². The van der Waals surface area contributed by atoms with E-state index in [1.807, 2.05) is 32.6 Å². The summed E-state index contributed by atoms with van der Waals surface area (Å²) in [6, 6.07) is 4.44. The van der Waals surface area contributed by atoms with Gasteiger partial charge in [-0.2, -0.15) is 0 Å². The maximum Gasteiger partial charge on any atom is 0.144 e. The Kier molecular flexibility index (Phi) is 4.48. The van der Waals surface area contributed by atoms with E-state index in [1.165, 1.54) is 12.0 Å². The lowest BCUT2D eigenvalue weighted by molar-refractivity contribution is 0.244. The summed E-state index contributed by atoms with van der Waals surface area (Å²) in [5.41, 5.74) is 2.26. The second kappa shape index (κ2) is 6.70. The Labute approximate surface area is 131 Å². The van der Waals surface area contributed by atoms with Crippen LogP contribution in [0.1, 0.15) is 30.1 Å². The van der Waals surface area contributed by atoms with E-state index in [9.17, 15) is 0 Å². The molecule has 0 amide bonds. The van der Waals surface area contributed by atoms with E-state index in [1.54, 1.807) is 6.20 Å². The van der Waals surface area contributed by atoms with E-state index in [-0.39, 0.29) is 0 Å². The molecule has 0 bridgehead atoms. The fraction of sp³-hybridized carbons (Fsp3) is 0.438. The van der Waals surface area contributed by atoms with Crippen molar-refractivity contribution in [2.24, 2.45) is 0 Å². The van der Waals surface area contributed by atoms with Crippen molar-refractivity contribution in [2.45, 2.75) is 25.4 Å². The normalized spacial score (nSPS) is 18.4. The van der Waals surface area contributed by atoms with Crippen molar-refractivity contribution in [3.8, 4) is 0 Å². The van der Waals surface area contributed by atoms with Crippen LogP contribution in [0, 0.1) is 0 Å². The molecule has 0 aliphatic carbocycles. The molecule has 0 saturated carbocycles. The third-order valence-corrected chi connectivity index (χ3v) is 4.12. The highest BCUT2D eigenvalue weighted by Gasteiger charge is 2.28. The summed E-state index contributed by atoms with van der Waals surface area (Å²) in [4.78, 5) is 15.8. The number of likely N-dealkylation sites (tertiary alicyclic amines) is 1. The third kappa shape index (κ3) is 3.01. The van der Waals surface area contributed by atoms with Gasteiger partial charge in [0.25, 0.3) is 0 Å². The predicted molar refractivity (Wildman–Crippen MR) is 87.7 cm³/mol. The SMILES string of the molecule is CNc1cncc([C@H]2CCCN2Cc2cccnc2NC)n1. The highest BCUT2D eigenvalue weighted by molar-refractivity contribution is 5.43. The minimum Gasteiger partial charge on any atom is -0.373 e. The molecule has 1 saturated heterocycles. The van der Waals surface area contributed by atoms with Crippen molar-refractivity contribution in [2.75, 3.05) is 31.3 Å². The highest BCUT2D eigenvalue weighted by Crippen LogP contribution is 2.33. The number of nitrogens with one attached hydrogen (secondary N) is 2. The largest absolute Gasteiger partial charge is 0.373 e. The van der Waals surface area contributed by atoms with Crippen molar-refractivity contribution >= 4 is 11.6 Å². The van der Waals surface area contributed by atoms with Gasteiger partial charge in [-0.25, -0.2) is 9.97 Å². The van der Waals surface area contributed by atoms with Gasteiger partial charge in [-0.3, -0.25) is 9.88 Å². The third-order valence-electron chi connectivity index (χ3n) is 4.12. The first kappa shape index (κ1) is 14.7. The van der Waals surface area contributed by atoms with Gasteiger partial charge in [0, 0.05) is 32.4 Å². The zero-order valence-electron chi connectivity index (χ0n) is 13.1. The minimum atomic E-state index is 0.325. The van der Waals surface area contributed by atoms with E-state index in [4.69, 9.17) is 0 Å². The van der Waals surface area contributed by atoms with Crippen molar-refractivity contribution < 1.29 is 0 Å². The van der Waals surface area contributed by atoms with Gasteiger partial charge in [0.2, 0.25) is 0 Å². The molecule has 2 aromatic rings. The molecule has 6 heteroatoms. The maximum absolute atomic E-state index is 4.66. The van der Waals surface area contributed by atoms with Crippen LogP contribution in [-0.4, -0.2) is 40.5 Å². The maximum atomic E-state index is 4.66. The highest BCUT2D eigenvalue weighted by atomic mass is 15.2. The molecular formula is C16H22N6. The summed E-state index contributed by atoms with van der Waals surface area (Å²) in [6.07, 6.45) is 7.76. The Balaban J connectivity index is 1.81. The van der Waals surface area contributed by atoms with Crippen LogP contribution in [0.3, 0.4) is 0 Å². The molecule has 116 valence electrons. The zero-order chi connectivity index (χ0) is 15.4. The van der Waals surface area contributed by atoms with Gasteiger partial charge in [0.1, 0.15) is 11.6 Å². The Bertz CT molecular complexity index is 630. The van der Waals surface area contributed by atoms with Crippen LogP contribution in [0.15, 0.2) is 30.7 Å². The second-order valence-electron chi connectivity index (χ2n) is 5.47. The first-order chi connectivity index (χ1) is 10.8. The topological polar surface area (TPSA) is 66.0 Å². The van der Waals surface area contributed by atoms with Crippen LogP contribution in [0.4, 0.5) is 11.6 Å². The van der Waals surface area contributed by atoms with Crippen molar-refractivity contribution in [1.29, 1.82) is 0 Å². The molecule has 0 unspecified atom stereocenters. The van der Waals surface area contributed by atoms with Gasteiger partial charge in [-0.15, -0.1) is 0 Å². The number of hydrogen-bond donors (Lipinski definition) is 2. The standard InChI is InChI=1S/C16H22N6/c1-17-15-10-19-9-13(21-15)14-6-4-8-22(14)11-12-5-3-7-20-16(12)18-2/h3,5,7,9-10,14H,4,6,8,11H2,1-2H3,(H,17,21)(H,18,20)/t14-/m1/s1. The van der Waals surface area contributed by atoms with Crippen molar-refractivity contribution in [3.05, 3.63) is 42.0 Å². The van der Waals surface area contributed by atoms with Crippen LogP contribution >= 0.6 is 0 Å². The molecule has 3 rings (SSSR count). The van der Waals surface area contributed by atoms with E-state index in [2.05, 4.69) is 36.6 Å². The van der Waals surface area contributed by atoms with Crippen LogP contribution in [0.2, 0.25) is 0 Å².